The third kappa shape index (κ3) is 4.54. The molecule has 17 heavy (non-hydrogen) atoms. The smallest absolute Gasteiger partial charge is 0.195 e. The van der Waals surface area contributed by atoms with Crippen LogP contribution in [0.15, 0.2) is 4.99 Å². The summed E-state index contributed by atoms with van der Waals surface area (Å²) in [7, 11) is 8.14. The Morgan fingerprint density at radius 1 is 1.06 bits per heavy atom. The van der Waals surface area contributed by atoms with Crippen LogP contribution in [0.3, 0.4) is 0 Å². The Morgan fingerprint density at radius 3 is 1.94 bits per heavy atom. The van der Waals surface area contributed by atoms with Crippen LogP contribution in [0.1, 0.15) is 26.7 Å². The molecule has 0 aliphatic carbocycles. The molecule has 1 aliphatic heterocycles. The lowest BCUT2D eigenvalue weighted by atomic mass is 9.93. The first-order valence-electron chi connectivity index (χ1n) is 6.44. The SMILES string of the molecule is CC1CC(CN=C(N(C)C)N(C)C)CC(C)O1. The van der Waals surface area contributed by atoms with Crippen LogP contribution in [0.4, 0.5) is 0 Å². The summed E-state index contributed by atoms with van der Waals surface area (Å²) in [5, 5.41) is 0. The van der Waals surface area contributed by atoms with Crippen LogP contribution in [0.5, 0.6) is 0 Å². The second-order valence-electron chi connectivity index (χ2n) is 5.52. The topological polar surface area (TPSA) is 28.1 Å². The molecule has 1 rings (SSSR count). The average molecular weight is 241 g/mol. The van der Waals surface area contributed by atoms with Crippen molar-refractivity contribution in [3.05, 3.63) is 0 Å². The summed E-state index contributed by atoms with van der Waals surface area (Å²) in [6.07, 6.45) is 3.01. The quantitative estimate of drug-likeness (QED) is 0.544. The van der Waals surface area contributed by atoms with Crippen LogP contribution in [0, 0.1) is 5.92 Å². The molecule has 0 bridgehead atoms. The predicted octanol–water partition coefficient (Wildman–Crippen LogP) is 1.67. The largest absolute Gasteiger partial charge is 0.376 e. The van der Waals surface area contributed by atoms with Gasteiger partial charge in [-0.05, 0) is 32.6 Å². The first-order chi connectivity index (χ1) is 7.90. The summed E-state index contributed by atoms with van der Waals surface area (Å²) < 4.78 is 5.75. The van der Waals surface area contributed by atoms with Crippen molar-refractivity contribution < 1.29 is 4.74 Å². The van der Waals surface area contributed by atoms with E-state index in [9.17, 15) is 0 Å². The number of ether oxygens (including phenoxy) is 1. The fourth-order valence-corrected chi connectivity index (χ4v) is 2.59. The Morgan fingerprint density at radius 2 is 1.53 bits per heavy atom. The molecule has 0 aromatic heterocycles. The molecule has 0 spiro atoms. The molecule has 2 unspecified atom stereocenters. The van der Waals surface area contributed by atoms with Gasteiger partial charge >= 0.3 is 0 Å². The minimum absolute atomic E-state index is 0.376. The molecule has 100 valence electrons. The molecular formula is C13H27N3O. The van der Waals surface area contributed by atoms with Crippen LogP contribution in [-0.2, 0) is 4.74 Å². The number of nitrogens with zero attached hydrogens (tertiary/aromatic N) is 3. The van der Waals surface area contributed by atoms with Gasteiger partial charge in [0.1, 0.15) is 0 Å². The van der Waals surface area contributed by atoms with E-state index in [-0.39, 0.29) is 0 Å². The number of hydrogen-bond acceptors (Lipinski definition) is 2. The van der Waals surface area contributed by atoms with Crippen molar-refractivity contribution >= 4 is 5.96 Å². The molecule has 2 atom stereocenters. The third-order valence-electron chi connectivity index (χ3n) is 3.09. The van der Waals surface area contributed by atoms with Gasteiger partial charge in [-0.2, -0.15) is 0 Å². The van der Waals surface area contributed by atoms with Gasteiger partial charge in [0, 0.05) is 34.7 Å². The third-order valence-corrected chi connectivity index (χ3v) is 3.09. The summed E-state index contributed by atoms with van der Waals surface area (Å²) in [6, 6.07) is 0. The molecule has 1 saturated heterocycles. The predicted molar refractivity (Wildman–Crippen MR) is 72.4 cm³/mol. The van der Waals surface area contributed by atoms with Crippen molar-refractivity contribution in [2.45, 2.75) is 38.9 Å². The highest BCUT2D eigenvalue weighted by Crippen LogP contribution is 2.24. The van der Waals surface area contributed by atoms with E-state index >= 15 is 0 Å². The molecule has 0 saturated carbocycles. The van der Waals surface area contributed by atoms with Crippen LogP contribution >= 0.6 is 0 Å². The van der Waals surface area contributed by atoms with Gasteiger partial charge in [0.05, 0.1) is 12.2 Å². The molecule has 0 N–H and O–H groups in total. The molecule has 4 heteroatoms. The molecule has 1 heterocycles. The van der Waals surface area contributed by atoms with E-state index < -0.39 is 0 Å². The average Bonchev–Trinajstić information content (AvgIpc) is 2.14. The summed E-state index contributed by atoms with van der Waals surface area (Å²) in [4.78, 5) is 8.85. The summed E-state index contributed by atoms with van der Waals surface area (Å²) >= 11 is 0. The van der Waals surface area contributed by atoms with Gasteiger partial charge in [-0.25, -0.2) is 0 Å². The lowest BCUT2D eigenvalue weighted by Gasteiger charge is -2.32. The van der Waals surface area contributed by atoms with E-state index in [0.29, 0.717) is 18.1 Å². The maximum Gasteiger partial charge on any atom is 0.195 e. The Labute approximate surface area is 106 Å². The van der Waals surface area contributed by atoms with Gasteiger partial charge in [-0.15, -0.1) is 0 Å². The Kier molecular flexibility index (Phi) is 5.25. The van der Waals surface area contributed by atoms with Gasteiger partial charge < -0.3 is 14.5 Å². The standard InChI is InChI=1S/C13H27N3O/c1-10-7-12(8-11(2)17-10)9-14-13(15(3)4)16(5)6/h10-12H,7-9H2,1-6H3. The molecule has 0 aromatic carbocycles. The Balaban J connectivity index is 2.55. The zero-order valence-corrected chi connectivity index (χ0v) is 12.1. The summed E-state index contributed by atoms with van der Waals surface area (Å²) in [5.74, 6) is 1.69. The monoisotopic (exact) mass is 241 g/mol. The highest BCUT2D eigenvalue weighted by atomic mass is 16.5. The normalized spacial score (nSPS) is 28.7. The van der Waals surface area contributed by atoms with Gasteiger partial charge in [0.2, 0.25) is 0 Å². The van der Waals surface area contributed by atoms with Crippen LogP contribution in [0.25, 0.3) is 0 Å². The first kappa shape index (κ1) is 14.3. The highest BCUT2D eigenvalue weighted by Gasteiger charge is 2.24. The van der Waals surface area contributed by atoms with Gasteiger partial charge in [0.15, 0.2) is 5.96 Å². The van der Waals surface area contributed by atoms with E-state index in [2.05, 4.69) is 23.6 Å². The molecule has 1 fully saturated rings. The fourth-order valence-electron chi connectivity index (χ4n) is 2.59. The Hall–Kier alpha value is -0.770. The molecule has 1 aliphatic rings. The lowest BCUT2D eigenvalue weighted by Crippen LogP contribution is -2.36. The minimum atomic E-state index is 0.376. The maximum absolute atomic E-state index is 5.75. The van der Waals surface area contributed by atoms with Gasteiger partial charge in [-0.3, -0.25) is 4.99 Å². The van der Waals surface area contributed by atoms with Gasteiger partial charge in [0.25, 0.3) is 0 Å². The number of aliphatic imine (C=N–C) groups is 1. The van der Waals surface area contributed by atoms with E-state index in [1.54, 1.807) is 0 Å². The van der Waals surface area contributed by atoms with Crippen molar-refractivity contribution in [3.63, 3.8) is 0 Å². The second kappa shape index (κ2) is 6.24. The first-order valence-corrected chi connectivity index (χ1v) is 6.44. The zero-order chi connectivity index (χ0) is 13.0. The van der Waals surface area contributed by atoms with Crippen molar-refractivity contribution in [3.8, 4) is 0 Å². The Bertz CT molecular complexity index is 243. The minimum Gasteiger partial charge on any atom is -0.376 e. The van der Waals surface area contributed by atoms with Crippen molar-refractivity contribution in [1.82, 2.24) is 9.80 Å². The van der Waals surface area contributed by atoms with E-state index in [4.69, 9.17) is 9.73 Å². The van der Waals surface area contributed by atoms with Crippen LogP contribution < -0.4 is 0 Å². The van der Waals surface area contributed by atoms with E-state index in [0.717, 1.165) is 25.3 Å². The fraction of sp³-hybridized carbons (Fsp3) is 0.923. The molecule has 0 radical (unpaired) electrons. The van der Waals surface area contributed by atoms with Crippen molar-refractivity contribution in [2.24, 2.45) is 10.9 Å². The molecular weight excluding hydrogens is 214 g/mol. The molecule has 4 nitrogen and oxygen atoms in total. The maximum atomic E-state index is 5.75. The lowest BCUT2D eigenvalue weighted by molar-refractivity contribution is -0.0501. The molecule has 0 amide bonds. The van der Waals surface area contributed by atoms with Gasteiger partial charge in [-0.1, -0.05) is 0 Å². The number of hydrogen-bond donors (Lipinski definition) is 0. The highest BCUT2D eigenvalue weighted by molar-refractivity contribution is 5.79. The number of guanidine groups is 1. The zero-order valence-electron chi connectivity index (χ0n) is 12.1. The van der Waals surface area contributed by atoms with Crippen LogP contribution in [0.2, 0.25) is 0 Å². The summed E-state index contributed by atoms with van der Waals surface area (Å²) in [6.45, 7) is 5.22. The molecule has 0 aromatic rings. The van der Waals surface area contributed by atoms with Crippen LogP contribution in [-0.4, -0.2) is 62.7 Å². The van der Waals surface area contributed by atoms with Crippen molar-refractivity contribution in [1.29, 1.82) is 0 Å². The second-order valence-corrected chi connectivity index (χ2v) is 5.52. The van der Waals surface area contributed by atoms with E-state index in [1.807, 2.05) is 28.2 Å². The summed E-state index contributed by atoms with van der Waals surface area (Å²) in [5.41, 5.74) is 0. The van der Waals surface area contributed by atoms with Crippen molar-refractivity contribution in [2.75, 3.05) is 34.7 Å². The number of rotatable bonds is 2. The van der Waals surface area contributed by atoms with E-state index in [1.165, 1.54) is 0 Å².